The number of Topliss-reactive ketones (excluding diaryl/α,β-unsaturated/α-hetero) is 1. The molecule has 5 rings (SSSR count). The summed E-state index contributed by atoms with van der Waals surface area (Å²) in [5.41, 5.74) is 1.07. The molecule has 2 heterocycles. The molecular weight excluding hydrogens is 552 g/mol. The summed E-state index contributed by atoms with van der Waals surface area (Å²) >= 11 is 0. The zero-order valence-corrected chi connectivity index (χ0v) is 24.1. The van der Waals surface area contributed by atoms with Crippen molar-refractivity contribution in [2.75, 3.05) is 19.8 Å². The minimum atomic E-state index is -1.23. The third kappa shape index (κ3) is 7.91. The van der Waals surface area contributed by atoms with Crippen molar-refractivity contribution >= 4 is 29.4 Å². The van der Waals surface area contributed by atoms with Crippen LogP contribution in [0.2, 0.25) is 0 Å². The second-order valence-electron chi connectivity index (χ2n) is 11.3. The standard InChI is InChI=1S/C32H38N4O7/c37-28(32(41)34-23-9-5-2-6-10-23)24(18-22-13-14-33-29(22)38)35-31(40)25(17-20-7-3-1-4-8-20)36-30(39)21-11-12-26-27(19-21)43-16-15-42-26/h1,3-4,7-8,11-12,19,22-25H,2,5-6,9-10,13-18H2,(H,33,38)(H,34,41)(H,35,40)(H,36,39)/t22-,24-,25+/m0/s1. The highest BCUT2D eigenvalue weighted by Gasteiger charge is 2.36. The highest BCUT2D eigenvalue weighted by Crippen LogP contribution is 2.30. The summed E-state index contributed by atoms with van der Waals surface area (Å²) in [7, 11) is 0. The van der Waals surface area contributed by atoms with Gasteiger partial charge < -0.3 is 30.7 Å². The molecule has 1 saturated heterocycles. The zero-order valence-electron chi connectivity index (χ0n) is 24.1. The number of ether oxygens (including phenoxy) is 2. The van der Waals surface area contributed by atoms with Crippen molar-refractivity contribution in [1.29, 1.82) is 0 Å². The Morgan fingerprint density at radius 3 is 2.33 bits per heavy atom. The summed E-state index contributed by atoms with van der Waals surface area (Å²) < 4.78 is 11.1. The molecule has 2 aliphatic heterocycles. The molecule has 3 atom stereocenters. The van der Waals surface area contributed by atoms with Gasteiger partial charge in [0.1, 0.15) is 19.3 Å². The van der Waals surface area contributed by atoms with Crippen molar-refractivity contribution in [3.8, 4) is 11.5 Å². The number of carbonyl (C=O) groups excluding carboxylic acids is 5. The quantitative estimate of drug-likeness (QED) is 0.292. The molecule has 2 aromatic carbocycles. The molecule has 0 bridgehead atoms. The molecule has 0 aromatic heterocycles. The second-order valence-corrected chi connectivity index (χ2v) is 11.3. The van der Waals surface area contributed by atoms with Crippen molar-refractivity contribution in [3.05, 3.63) is 59.7 Å². The fourth-order valence-electron chi connectivity index (χ4n) is 5.81. The average Bonchev–Trinajstić information content (AvgIpc) is 3.44. The van der Waals surface area contributed by atoms with Gasteiger partial charge in [0.2, 0.25) is 17.6 Å². The lowest BCUT2D eigenvalue weighted by molar-refractivity contribution is -0.141. The van der Waals surface area contributed by atoms with Crippen LogP contribution in [-0.4, -0.2) is 67.3 Å². The fourth-order valence-corrected chi connectivity index (χ4v) is 5.81. The fraction of sp³-hybridized carbons (Fsp3) is 0.469. The van der Waals surface area contributed by atoms with Gasteiger partial charge in [-0.25, -0.2) is 0 Å². The Morgan fingerprint density at radius 1 is 0.860 bits per heavy atom. The van der Waals surface area contributed by atoms with Crippen LogP contribution in [0.3, 0.4) is 0 Å². The van der Waals surface area contributed by atoms with Crippen LogP contribution in [0.4, 0.5) is 0 Å². The lowest BCUT2D eigenvalue weighted by atomic mass is 9.93. The van der Waals surface area contributed by atoms with E-state index in [1.54, 1.807) is 18.2 Å². The smallest absolute Gasteiger partial charge is 0.289 e. The van der Waals surface area contributed by atoms with E-state index in [-0.39, 0.29) is 30.4 Å². The maximum absolute atomic E-state index is 13.8. The first-order valence-corrected chi connectivity index (χ1v) is 15.0. The summed E-state index contributed by atoms with van der Waals surface area (Å²) in [4.78, 5) is 65.9. The number of hydrogen-bond acceptors (Lipinski definition) is 7. The molecule has 2 aromatic rings. The van der Waals surface area contributed by atoms with E-state index in [1.807, 2.05) is 30.3 Å². The molecule has 0 unspecified atom stereocenters. The van der Waals surface area contributed by atoms with Gasteiger partial charge >= 0.3 is 0 Å². The minimum absolute atomic E-state index is 0.0113. The average molecular weight is 591 g/mol. The van der Waals surface area contributed by atoms with Gasteiger partial charge in [0.05, 0.1) is 6.04 Å². The Hall–Kier alpha value is -4.41. The number of rotatable bonds is 11. The zero-order chi connectivity index (χ0) is 30.2. The van der Waals surface area contributed by atoms with Crippen molar-refractivity contribution < 1.29 is 33.4 Å². The monoisotopic (exact) mass is 590 g/mol. The van der Waals surface area contributed by atoms with Crippen LogP contribution in [0.1, 0.15) is 60.9 Å². The highest BCUT2D eigenvalue weighted by atomic mass is 16.6. The van der Waals surface area contributed by atoms with Crippen molar-refractivity contribution in [2.45, 2.75) is 69.5 Å². The van der Waals surface area contributed by atoms with Gasteiger partial charge in [0.15, 0.2) is 11.5 Å². The molecule has 0 radical (unpaired) electrons. The molecule has 1 saturated carbocycles. The number of nitrogens with one attached hydrogen (secondary N) is 4. The maximum Gasteiger partial charge on any atom is 0.289 e. The molecule has 0 spiro atoms. The predicted octanol–water partition coefficient (Wildman–Crippen LogP) is 1.83. The first kappa shape index (κ1) is 30.1. The lowest BCUT2D eigenvalue weighted by Gasteiger charge is -2.26. The third-order valence-corrected chi connectivity index (χ3v) is 8.19. The van der Waals surface area contributed by atoms with Crippen LogP contribution in [0.15, 0.2) is 48.5 Å². The highest BCUT2D eigenvalue weighted by molar-refractivity contribution is 6.38. The minimum Gasteiger partial charge on any atom is -0.486 e. The van der Waals surface area contributed by atoms with Gasteiger partial charge in [-0.2, -0.15) is 0 Å². The Kier molecular flexibility index (Phi) is 9.91. The molecule has 4 amide bonds. The van der Waals surface area contributed by atoms with Crippen molar-refractivity contribution in [2.24, 2.45) is 5.92 Å². The Labute approximate surface area is 250 Å². The molecule has 43 heavy (non-hydrogen) atoms. The Morgan fingerprint density at radius 2 is 1.60 bits per heavy atom. The first-order chi connectivity index (χ1) is 20.9. The third-order valence-electron chi connectivity index (χ3n) is 8.19. The topological polar surface area (TPSA) is 152 Å². The second kappa shape index (κ2) is 14.2. The summed E-state index contributed by atoms with van der Waals surface area (Å²) in [5, 5.41) is 11.1. The van der Waals surface area contributed by atoms with E-state index in [2.05, 4.69) is 21.3 Å². The van der Waals surface area contributed by atoms with Crippen LogP contribution >= 0.6 is 0 Å². The van der Waals surface area contributed by atoms with E-state index in [0.29, 0.717) is 37.7 Å². The number of hydrogen-bond donors (Lipinski definition) is 4. The Bertz CT molecular complexity index is 1340. The van der Waals surface area contributed by atoms with Gasteiger partial charge in [-0.05, 0) is 49.4 Å². The van der Waals surface area contributed by atoms with E-state index >= 15 is 0 Å². The van der Waals surface area contributed by atoms with E-state index in [4.69, 9.17) is 9.47 Å². The summed E-state index contributed by atoms with van der Waals surface area (Å²) in [5.74, 6) is -2.47. The van der Waals surface area contributed by atoms with E-state index < -0.39 is 41.5 Å². The van der Waals surface area contributed by atoms with Gasteiger partial charge in [-0.3, -0.25) is 24.0 Å². The van der Waals surface area contributed by atoms with Gasteiger partial charge in [0.25, 0.3) is 11.8 Å². The van der Waals surface area contributed by atoms with E-state index in [9.17, 15) is 24.0 Å². The SMILES string of the molecule is O=C(NC1CCCCC1)C(=O)[C@H](C[C@@H]1CCNC1=O)NC(=O)[C@@H](Cc1ccccc1)NC(=O)c1ccc2c(c1)OCCO2. The number of benzene rings is 2. The molecule has 3 aliphatic rings. The molecule has 2 fully saturated rings. The molecular formula is C32H38N4O7. The lowest BCUT2D eigenvalue weighted by Crippen LogP contribution is -2.55. The van der Waals surface area contributed by atoms with Gasteiger partial charge in [-0.15, -0.1) is 0 Å². The van der Waals surface area contributed by atoms with E-state index in [0.717, 1.165) is 37.7 Å². The maximum atomic E-state index is 13.8. The summed E-state index contributed by atoms with van der Waals surface area (Å²) in [6.07, 6.45) is 5.27. The number of fused-ring (bicyclic) bond motifs is 1. The van der Waals surface area contributed by atoms with Crippen molar-refractivity contribution in [1.82, 2.24) is 21.3 Å². The molecule has 1 aliphatic carbocycles. The predicted molar refractivity (Wildman–Crippen MR) is 157 cm³/mol. The Balaban J connectivity index is 1.34. The molecule has 11 nitrogen and oxygen atoms in total. The van der Waals surface area contributed by atoms with Crippen LogP contribution in [-0.2, 0) is 25.6 Å². The molecule has 228 valence electrons. The van der Waals surface area contributed by atoms with Crippen LogP contribution in [0, 0.1) is 5.92 Å². The number of ketones is 1. The normalized spacial score (nSPS) is 19.4. The van der Waals surface area contributed by atoms with Gasteiger partial charge in [-0.1, -0.05) is 49.6 Å². The van der Waals surface area contributed by atoms with Crippen LogP contribution in [0.25, 0.3) is 0 Å². The number of amides is 4. The van der Waals surface area contributed by atoms with Crippen LogP contribution < -0.4 is 30.7 Å². The van der Waals surface area contributed by atoms with Crippen LogP contribution in [0.5, 0.6) is 11.5 Å². The number of carbonyl (C=O) groups is 5. The largest absolute Gasteiger partial charge is 0.486 e. The first-order valence-electron chi connectivity index (χ1n) is 15.0. The van der Waals surface area contributed by atoms with Crippen molar-refractivity contribution in [3.63, 3.8) is 0 Å². The summed E-state index contributed by atoms with van der Waals surface area (Å²) in [6.45, 7) is 1.24. The van der Waals surface area contributed by atoms with Gasteiger partial charge in [0, 0.05) is 30.5 Å². The summed E-state index contributed by atoms with van der Waals surface area (Å²) in [6, 6.07) is 11.6. The molecule has 4 N–H and O–H groups in total. The van der Waals surface area contributed by atoms with E-state index in [1.165, 1.54) is 0 Å². The molecule has 11 heteroatoms.